The number of amides is 4. The molecule has 252 valence electrons. The van der Waals surface area contributed by atoms with Gasteiger partial charge < -0.3 is 9.84 Å². The molecule has 2 aliphatic carbocycles. The topological polar surface area (TPSA) is 116 Å². The molecule has 1 saturated carbocycles. The highest BCUT2D eigenvalue weighted by atomic mass is 35.5. The first-order chi connectivity index (χ1) is 24.1. The second kappa shape index (κ2) is 12.0. The number of hydrazine groups is 1. The Kier molecular flexibility index (Phi) is 7.73. The minimum atomic E-state index is -1.48. The van der Waals surface area contributed by atoms with E-state index in [2.05, 4.69) is 5.43 Å². The highest BCUT2D eigenvalue weighted by molar-refractivity contribution is 6.36. The van der Waals surface area contributed by atoms with Crippen LogP contribution in [0.3, 0.4) is 0 Å². The molecule has 50 heavy (non-hydrogen) atoms. The largest absolute Gasteiger partial charge is 0.508 e. The van der Waals surface area contributed by atoms with Gasteiger partial charge in [0.25, 0.3) is 11.8 Å². The molecular formula is C39H31Cl2N3O6. The Morgan fingerprint density at radius 2 is 1.56 bits per heavy atom. The maximum atomic E-state index is 15.3. The number of imide groups is 2. The number of aromatic hydroxyl groups is 1. The number of nitrogens with zero attached hydrogens (tertiary/aromatic N) is 2. The molecule has 3 fully saturated rings. The zero-order chi connectivity index (χ0) is 34.9. The predicted molar refractivity (Wildman–Crippen MR) is 188 cm³/mol. The van der Waals surface area contributed by atoms with E-state index in [0.29, 0.717) is 39.7 Å². The molecule has 0 bridgehead atoms. The molecule has 6 atom stereocenters. The van der Waals surface area contributed by atoms with Crippen LogP contribution in [0.1, 0.15) is 29.9 Å². The van der Waals surface area contributed by atoms with E-state index in [1.807, 2.05) is 12.1 Å². The number of phenols is 1. The van der Waals surface area contributed by atoms with Crippen LogP contribution in [0.25, 0.3) is 0 Å². The van der Waals surface area contributed by atoms with Crippen molar-refractivity contribution in [3.63, 3.8) is 0 Å². The quantitative estimate of drug-likeness (QED) is 0.166. The minimum Gasteiger partial charge on any atom is -0.508 e. The average molecular weight is 709 g/mol. The molecule has 2 saturated heterocycles. The molecule has 4 aromatic carbocycles. The van der Waals surface area contributed by atoms with Crippen molar-refractivity contribution >= 4 is 58.2 Å². The third kappa shape index (κ3) is 4.67. The SMILES string of the molecule is COc1ccc([C@@]23C(=O)N(Nc4ccc(Cl)cc4Cl)C(=O)[C@@H]2C[C@@H]2C(=CC[C@@H]4C(=O)N(c5ccccc5)C(=O)[C@@H]42)[C@@H]3c2ccc(O)cc2)cc1. The van der Waals surface area contributed by atoms with Gasteiger partial charge in [0.2, 0.25) is 11.8 Å². The molecule has 2 heterocycles. The number of para-hydroxylation sites is 1. The number of hydrogen-bond donors (Lipinski definition) is 2. The zero-order valence-electron chi connectivity index (χ0n) is 26.8. The Bertz CT molecular complexity index is 2090. The number of anilines is 2. The molecule has 0 aromatic heterocycles. The summed E-state index contributed by atoms with van der Waals surface area (Å²) < 4.78 is 5.45. The van der Waals surface area contributed by atoms with E-state index in [9.17, 15) is 19.5 Å². The van der Waals surface area contributed by atoms with Gasteiger partial charge in [-0.25, -0.2) is 0 Å². The lowest BCUT2D eigenvalue weighted by molar-refractivity contribution is -0.138. The van der Waals surface area contributed by atoms with Crippen molar-refractivity contribution in [3.8, 4) is 11.5 Å². The van der Waals surface area contributed by atoms with Crippen LogP contribution in [0.2, 0.25) is 10.0 Å². The first-order valence-corrected chi connectivity index (χ1v) is 17.1. The molecule has 4 aromatic rings. The van der Waals surface area contributed by atoms with Crippen molar-refractivity contribution in [1.29, 1.82) is 0 Å². The molecule has 11 heteroatoms. The monoisotopic (exact) mass is 707 g/mol. The van der Waals surface area contributed by atoms with Crippen LogP contribution in [-0.2, 0) is 24.6 Å². The van der Waals surface area contributed by atoms with Crippen LogP contribution in [0.5, 0.6) is 11.5 Å². The number of nitrogens with one attached hydrogen (secondary N) is 1. The highest BCUT2D eigenvalue weighted by Crippen LogP contribution is 2.64. The van der Waals surface area contributed by atoms with Crippen LogP contribution in [0.4, 0.5) is 11.4 Å². The molecule has 8 rings (SSSR count). The number of carbonyl (C=O) groups excluding carboxylic acids is 4. The molecule has 9 nitrogen and oxygen atoms in total. The van der Waals surface area contributed by atoms with Gasteiger partial charge >= 0.3 is 0 Å². The molecule has 4 amide bonds. The number of fused-ring (bicyclic) bond motifs is 4. The number of allylic oxidation sites excluding steroid dienone is 2. The number of halogens is 2. The normalized spacial score (nSPS) is 27.1. The van der Waals surface area contributed by atoms with E-state index in [4.69, 9.17) is 27.9 Å². The lowest BCUT2D eigenvalue weighted by Gasteiger charge is -2.50. The number of phenolic OH excluding ortho intramolecular Hbond substituents is 1. The molecule has 4 aliphatic rings. The van der Waals surface area contributed by atoms with Crippen LogP contribution in [-0.4, -0.2) is 40.9 Å². The summed E-state index contributed by atoms with van der Waals surface area (Å²) in [6.07, 6.45) is 2.44. The minimum absolute atomic E-state index is 0.0402. The number of rotatable bonds is 6. The fourth-order valence-corrected chi connectivity index (χ4v) is 9.17. The van der Waals surface area contributed by atoms with E-state index in [-0.39, 0.29) is 29.0 Å². The van der Waals surface area contributed by atoms with E-state index >= 15 is 4.79 Å². The highest BCUT2D eigenvalue weighted by Gasteiger charge is 2.70. The first kappa shape index (κ1) is 32.1. The fourth-order valence-electron chi connectivity index (χ4n) is 8.72. The maximum absolute atomic E-state index is 15.3. The van der Waals surface area contributed by atoms with Crippen molar-refractivity contribution < 1.29 is 29.0 Å². The summed E-state index contributed by atoms with van der Waals surface area (Å²) in [5, 5.41) is 11.9. The van der Waals surface area contributed by atoms with E-state index in [0.717, 1.165) is 10.6 Å². The summed E-state index contributed by atoms with van der Waals surface area (Å²) in [5.74, 6) is -4.51. The van der Waals surface area contributed by atoms with Gasteiger partial charge in [-0.05, 0) is 84.5 Å². The second-order valence-corrected chi connectivity index (χ2v) is 14.0. The molecule has 0 spiro atoms. The van der Waals surface area contributed by atoms with Crippen molar-refractivity contribution in [2.24, 2.45) is 23.7 Å². The molecule has 0 unspecified atom stereocenters. The summed E-state index contributed by atoms with van der Waals surface area (Å²) in [6, 6.07) is 27.3. The molecule has 0 radical (unpaired) electrons. The summed E-state index contributed by atoms with van der Waals surface area (Å²) in [5.41, 5.74) is 4.41. The Balaban J connectivity index is 1.32. The Morgan fingerprint density at radius 3 is 2.24 bits per heavy atom. The lowest BCUT2D eigenvalue weighted by Crippen LogP contribution is -2.53. The van der Waals surface area contributed by atoms with Crippen molar-refractivity contribution in [2.75, 3.05) is 17.4 Å². The number of methoxy groups -OCH3 is 1. The predicted octanol–water partition coefficient (Wildman–Crippen LogP) is 6.90. The number of benzene rings is 4. The molecule has 2 aliphatic heterocycles. The van der Waals surface area contributed by atoms with E-state index in [1.54, 1.807) is 92.0 Å². The van der Waals surface area contributed by atoms with E-state index < -0.39 is 46.8 Å². The van der Waals surface area contributed by atoms with E-state index in [1.165, 1.54) is 11.0 Å². The number of hydrogen-bond acceptors (Lipinski definition) is 7. The van der Waals surface area contributed by atoms with Crippen molar-refractivity contribution in [3.05, 3.63) is 130 Å². The van der Waals surface area contributed by atoms with Crippen LogP contribution in [0.15, 0.2) is 109 Å². The Hall–Kier alpha value is -5.12. The van der Waals surface area contributed by atoms with Gasteiger partial charge in [-0.3, -0.25) is 29.5 Å². The van der Waals surface area contributed by atoms with Crippen LogP contribution in [0, 0.1) is 23.7 Å². The van der Waals surface area contributed by atoms with Crippen LogP contribution >= 0.6 is 23.2 Å². The standard InChI is InChI=1S/C39H31Cl2N3O6/c1-50-26-14-9-22(10-15-26)39-30(36(47)44(38(39)49)42-32-18-11-23(40)19-31(32)41)20-29-27(34(39)21-7-12-25(45)13-8-21)16-17-28-33(29)37(48)43(35(28)46)24-5-3-2-4-6-24/h2-16,18-19,28-30,33-34,42,45H,17,20H2,1H3/t28-,29+,30-,33-,34-,39+/m0/s1. The van der Waals surface area contributed by atoms with Crippen LogP contribution < -0.4 is 15.1 Å². The molecule has 2 N–H and O–H groups in total. The summed E-state index contributed by atoms with van der Waals surface area (Å²) >= 11 is 12.7. The smallest absolute Gasteiger partial charge is 0.260 e. The van der Waals surface area contributed by atoms with Crippen molar-refractivity contribution in [2.45, 2.75) is 24.2 Å². The Labute approximate surface area is 298 Å². The van der Waals surface area contributed by atoms with Gasteiger partial charge in [0, 0.05) is 10.9 Å². The summed E-state index contributed by atoms with van der Waals surface area (Å²) in [4.78, 5) is 59.6. The van der Waals surface area contributed by atoms with Gasteiger partial charge in [-0.15, -0.1) is 0 Å². The van der Waals surface area contributed by atoms with Gasteiger partial charge in [0.05, 0.1) is 46.7 Å². The van der Waals surface area contributed by atoms with Crippen molar-refractivity contribution in [1.82, 2.24) is 5.01 Å². The number of carbonyl (C=O) groups is 4. The Morgan fingerprint density at radius 1 is 0.840 bits per heavy atom. The second-order valence-electron chi connectivity index (χ2n) is 13.2. The maximum Gasteiger partial charge on any atom is 0.260 e. The lowest BCUT2D eigenvalue weighted by atomic mass is 9.49. The fraction of sp³-hybridized carbons (Fsp3) is 0.231. The van der Waals surface area contributed by atoms with Gasteiger partial charge in [-0.2, -0.15) is 5.01 Å². The van der Waals surface area contributed by atoms with Gasteiger partial charge in [0.15, 0.2) is 0 Å². The third-order valence-electron chi connectivity index (χ3n) is 10.8. The number of ether oxygens (including phenoxy) is 1. The summed E-state index contributed by atoms with van der Waals surface area (Å²) in [7, 11) is 1.55. The van der Waals surface area contributed by atoms with Gasteiger partial charge in [0.1, 0.15) is 11.5 Å². The first-order valence-electron chi connectivity index (χ1n) is 16.3. The third-order valence-corrected chi connectivity index (χ3v) is 11.4. The average Bonchev–Trinajstić information content (AvgIpc) is 3.51. The zero-order valence-corrected chi connectivity index (χ0v) is 28.3. The van der Waals surface area contributed by atoms with Gasteiger partial charge in [-0.1, -0.05) is 77.3 Å². The molecular weight excluding hydrogens is 677 g/mol. The summed E-state index contributed by atoms with van der Waals surface area (Å²) in [6.45, 7) is 0.